The zero-order chi connectivity index (χ0) is 10.8. The summed E-state index contributed by atoms with van der Waals surface area (Å²) >= 11 is 1.25. The molecule has 7 heteroatoms. The molecule has 2 heterocycles. The normalized spacial score (nSPS) is 12.3. The number of aromatic nitrogens is 4. The van der Waals surface area contributed by atoms with Crippen LogP contribution >= 0.6 is 11.3 Å². The molecule has 0 saturated carbocycles. The average molecular weight is 220 g/mol. The number of thiazole rings is 1. The topological polar surface area (TPSA) is 93.4 Å². The molecule has 0 aliphatic carbocycles. The van der Waals surface area contributed by atoms with Crippen LogP contribution in [0.3, 0.4) is 0 Å². The maximum absolute atomic E-state index is 8.68. The van der Waals surface area contributed by atoms with E-state index in [1.807, 2.05) is 13.0 Å². The van der Waals surface area contributed by atoms with E-state index in [1.54, 1.807) is 4.68 Å². The summed E-state index contributed by atoms with van der Waals surface area (Å²) in [5.74, 6) is 0.633. The first-order valence-electron chi connectivity index (χ1n) is 4.24. The minimum absolute atomic E-state index is 0.220. The van der Waals surface area contributed by atoms with Crippen LogP contribution in [0.2, 0.25) is 0 Å². The van der Waals surface area contributed by atoms with E-state index < -0.39 is 0 Å². The smallest absolute Gasteiger partial charge is 0.213 e. The van der Waals surface area contributed by atoms with Crippen LogP contribution in [-0.4, -0.2) is 19.7 Å². The highest BCUT2D eigenvalue weighted by molar-refractivity contribution is 7.14. The third-order valence-electron chi connectivity index (χ3n) is 1.77. The predicted octanol–water partition coefficient (Wildman–Crippen LogP) is 0.615. The van der Waals surface area contributed by atoms with Gasteiger partial charge in [0, 0.05) is 0 Å². The van der Waals surface area contributed by atoms with E-state index >= 15 is 0 Å². The van der Waals surface area contributed by atoms with Gasteiger partial charge in [-0.15, -0.1) is 0 Å². The molecule has 0 aromatic carbocycles. The molecule has 2 aromatic heterocycles. The fourth-order valence-electron chi connectivity index (χ4n) is 1.12. The van der Waals surface area contributed by atoms with Gasteiger partial charge in [-0.3, -0.25) is 0 Å². The Morgan fingerprint density at radius 3 is 3.00 bits per heavy atom. The van der Waals surface area contributed by atoms with Gasteiger partial charge in [0.05, 0.1) is 12.2 Å². The van der Waals surface area contributed by atoms with E-state index in [0.29, 0.717) is 15.8 Å². The van der Waals surface area contributed by atoms with Crippen molar-refractivity contribution in [3.63, 3.8) is 0 Å². The van der Waals surface area contributed by atoms with Crippen LogP contribution in [0.25, 0.3) is 5.13 Å². The summed E-state index contributed by atoms with van der Waals surface area (Å²) in [7, 11) is 0. The minimum Gasteiger partial charge on any atom is -0.322 e. The van der Waals surface area contributed by atoms with Crippen molar-refractivity contribution in [1.82, 2.24) is 19.7 Å². The molecule has 0 amide bonds. The van der Waals surface area contributed by atoms with Gasteiger partial charge in [0.15, 0.2) is 5.82 Å². The first-order chi connectivity index (χ1) is 7.22. The summed E-state index contributed by atoms with van der Waals surface area (Å²) in [6.45, 7) is 1.82. The van der Waals surface area contributed by atoms with Crippen molar-refractivity contribution in [2.45, 2.75) is 13.0 Å². The van der Waals surface area contributed by atoms with E-state index in [-0.39, 0.29) is 6.04 Å². The zero-order valence-electron chi connectivity index (χ0n) is 7.95. The molecule has 0 spiro atoms. The lowest BCUT2D eigenvalue weighted by atomic mass is 10.3. The minimum atomic E-state index is -0.220. The van der Waals surface area contributed by atoms with Crippen LogP contribution < -0.4 is 5.73 Å². The SMILES string of the molecule is C[C@H](N)c1ncnn1-c1ncc(C#N)s1. The lowest BCUT2D eigenvalue weighted by molar-refractivity contribution is 0.688. The van der Waals surface area contributed by atoms with Crippen LogP contribution in [0.15, 0.2) is 12.5 Å². The maximum atomic E-state index is 8.68. The average Bonchev–Trinajstić information content (AvgIpc) is 2.85. The first kappa shape index (κ1) is 9.76. The lowest BCUT2D eigenvalue weighted by Gasteiger charge is -2.04. The van der Waals surface area contributed by atoms with E-state index in [0.717, 1.165) is 0 Å². The van der Waals surface area contributed by atoms with E-state index in [2.05, 4.69) is 15.1 Å². The second-order valence-electron chi connectivity index (χ2n) is 2.94. The van der Waals surface area contributed by atoms with Gasteiger partial charge < -0.3 is 5.73 Å². The number of nitrogens with zero attached hydrogens (tertiary/aromatic N) is 5. The van der Waals surface area contributed by atoms with Gasteiger partial charge in [0.2, 0.25) is 5.13 Å². The fraction of sp³-hybridized carbons (Fsp3) is 0.250. The molecule has 2 aromatic rings. The van der Waals surface area contributed by atoms with Crippen molar-refractivity contribution >= 4 is 11.3 Å². The maximum Gasteiger partial charge on any atom is 0.213 e. The van der Waals surface area contributed by atoms with Gasteiger partial charge in [-0.25, -0.2) is 9.97 Å². The highest BCUT2D eigenvalue weighted by atomic mass is 32.1. The van der Waals surface area contributed by atoms with Crippen molar-refractivity contribution in [1.29, 1.82) is 5.26 Å². The van der Waals surface area contributed by atoms with Crippen molar-refractivity contribution in [3.05, 3.63) is 23.2 Å². The Labute approximate surface area is 90.0 Å². The zero-order valence-corrected chi connectivity index (χ0v) is 8.77. The number of hydrogen-bond acceptors (Lipinski definition) is 6. The Balaban J connectivity index is 2.45. The van der Waals surface area contributed by atoms with Gasteiger partial charge in [0.25, 0.3) is 0 Å². The largest absolute Gasteiger partial charge is 0.322 e. The molecule has 0 radical (unpaired) electrons. The molecule has 15 heavy (non-hydrogen) atoms. The molecule has 0 aliphatic heterocycles. The third-order valence-corrected chi connectivity index (χ3v) is 2.64. The van der Waals surface area contributed by atoms with Crippen LogP contribution in [0, 0.1) is 11.3 Å². The van der Waals surface area contributed by atoms with E-state index in [4.69, 9.17) is 11.0 Å². The Morgan fingerprint density at radius 1 is 1.60 bits per heavy atom. The Morgan fingerprint density at radius 2 is 2.40 bits per heavy atom. The summed E-state index contributed by atoms with van der Waals surface area (Å²) in [5, 5.41) is 13.3. The van der Waals surface area contributed by atoms with Gasteiger partial charge >= 0.3 is 0 Å². The molecule has 0 saturated heterocycles. The van der Waals surface area contributed by atoms with Crippen LogP contribution in [0.4, 0.5) is 0 Å². The molecule has 0 unspecified atom stereocenters. The molecular formula is C8H8N6S. The molecule has 76 valence electrons. The Bertz CT molecular complexity index is 505. The molecular weight excluding hydrogens is 212 g/mol. The highest BCUT2D eigenvalue weighted by Crippen LogP contribution is 2.18. The monoisotopic (exact) mass is 220 g/mol. The second kappa shape index (κ2) is 3.76. The Hall–Kier alpha value is -1.78. The molecule has 2 rings (SSSR count). The van der Waals surface area contributed by atoms with Gasteiger partial charge in [-0.2, -0.15) is 15.0 Å². The van der Waals surface area contributed by atoms with Crippen molar-refractivity contribution in [2.75, 3.05) is 0 Å². The molecule has 1 atom stereocenters. The van der Waals surface area contributed by atoms with Crippen molar-refractivity contribution in [3.8, 4) is 11.2 Å². The first-order valence-corrected chi connectivity index (χ1v) is 5.06. The number of nitriles is 1. The molecule has 2 N–H and O–H groups in total. The molecule has 6 nitrogen and oxygen atoms in total. The van der Waals surface area contributed by atoms with Crippen LogP contribution in [0.5, 0.6) is 0 Å². The van der Waals surface area contributed by atoms with Crippen molar-refractivity contribution < 1.29 is 0 Å². The third kappa shape index (κ3) is 1.72. The summed E-state index contributed by atoms with van der Waals surface area (Å²) in [5.41, 5.74) is 5.72. The summed E-state index contributed by atoms with van der Waals surface area (Å²) < 4.78 is 1.55. The summed E-state index contributed by atoms with van der Waals surface area (Å²) in [6.07, 6.45) is 2.93. The van der Waals surface area contributed by atoms with Crippen molar-refractivity contribution in [2.24, 2.45) is 5.73 Å². The number of nitrogens with two attached hydrogens (primary N) is 1. The fourth-order valence-corrected chi connectivity index (χ4v) is 1.80. The molecule has 0 aliphatic rings. The standard InChI is InChI=1S/C8H8N6S/c1-5(10)7-12-4-13-14(7)8-11-3-6(2-9)15-8/h3-5H,10H2,1H3/t5-/m0/s1. The molecule has 0 bridgehead atoms. The summed E-state index contributed by atoms with van der Waals surface area (Å²) in [6, 6.07) is 1.80. The van der Waals surface area contributed by atoms with Crippen LogP contribution in [0.1, 0.15) is 23.7 Å². The Kier molecular flexibility index (Phi) is 2.45. The van der Waals surface area contributed by atoms with Gasteiger partial charge in [-0.1, -0.05) is 11.3 Å². The molecule has 0 fully saturated rings. The quantitative estimate of drug-likeness (QED) is 0.800. The van der Waals surface area contributed by atoms with E-state index in [9.17, 15) is 0 Å². The number of rotatable bonds is 2. The lowest BCUT2D eigenvalue weighted by Crippen LogP contribution is -2.13. The van der Waals surface area contributed by atoms with Crippen LogP contribution in [-0.2, 0) is 0 Å². The van der Waals surface area contributed by atoms with E-state index in [1.165, 1.54) is 23.9 Å². The van der Waals surface area contributed by atoms with Gasteiger partial charge in [0.1, 0.15) is 17.3 Å². The van der Waals surface area contributed by atoms with Gasteiger partial charge in [-0.05, 0) is 6.92 Å². The predicted molar refractivity (Wildman–Crippen MR) is 54.3 cm³/mol. The number of hydrogen-bond donors (Lipinski definition) is 1. The highest BCUT2D eigenvalue weighted by Gasteiger charge is 2.13. The summed E-state index contributed by atoms with van der Waals surface area (Å²) in [4.78, 5) is 8.65. The second-order valence-corrected chi connectivity index (χ2v) is 3.95.